The number of carboxylic acid groups (broad SMARTS) is 1. The van der Waals surface area contributed by atoms with Crippen LogP contribution in [-0.2, 0) is 14.4 Å². The number of rotatable bonds is 7. The quantitative estimate of drug-likeness (QED) is 0.355. The van der Waals surface area contributed by atoms with Crippen molar-refractivity contribution < 1.29 is 64.7 Å². The number of imide groups is 1. The van der Waals surface area contributed by atoms with Crippen molar-refractivity contribution in [3.8, 4) is 17.2 Å². The van der Waals surface area contributed by atoms with Crippen LogP contribution in [-0.4, -0.2) is 55.7 Å². The molecule has 0 radical (unpaired) electrons. The molecule has 2 aromatic rings. The topological polar surface area (TPSA) is 102 Å². The van der Waals surface area contributed by atoms with Crippen molar-refractivity contribution in [3.63, 3.8) is 0 Å². The van der Waals surface area contributed by atoms with Gasteiger partial charge < -0.3 is 20.7 Å². The van der Waals surface area contributed by atoms with Gasteiger partial charge in [-0.1, -0.05) is 30.3 Å². The summed E-state index contributed by atoms with van der Waals surface area (Å²) >= 11 is 0. The van der Waals surface area contributed by atoms with Crippen LogP contribution in [0.25, 0.3) is 12.2 Å². The zero-order valence-corrected chi connectivity index (χ0v) is 20.2. The average Bonchev–Trinajstić information content (AvgIpc) is 2.97. The van der Waals surface area contributed by atoms with Gasteiger partial charge in [0.2, 0.25) is 5.75 Å². The van der Waals surface area contributed by atoms with Crippen molar-refractivity contribution in [3.05, 3.63) is 64.7 Å². The first kappa shape index (κ1) is 25.2. The van der Waals surface area contributed by atoms with Gasteiger partial charge in [-0.15, -0.1) is 0 Å². The van der Waals surface area contributed by atoms with Crippen molar-refractivity contribution in [2.24, 2.45) is 0 Å². The van der Waals surface area contributed by atoms with E-state index in [2.05, 4.69) is 0 Å². The molecule has 162 valence electrons. The first-order valence-corrected chi connectivity index (χ1v) is 9.26. The van der Waals surface area contributed by atoms with Crippen LogP contribution in [0.2, 0.25) is 0 Å². The number of hydrogen-bond acceptors (Lipinski definition) is 6. The van der Waals surface area contributed by atoms with Crippen molar-refractivity contribution in [2.75, 3.05) is 27.9 Å². The van der Waals surface area contributed by atoms with Gasteiger partial charge >= 0.3 is 35.5 Å². The summed E-state index contributed by atoms with van der Waals surface area (Å²) in [4.78, 5) is 37.7. The number of benzene rings is 2. The monoisotopic (exact) mass is 447 g/mol. The fourth-order valence-corrected chi connectivity index (χ4v) is 3.24. The Labute approximate surface area is 208 Å². The van der Waals surface area contributed by atoms with Gasteiger partial charge in [-0.25, -0.2) is 0 Å². The molecule has 0 atom stereocenters. The Hall–Kier alpha value is -3.07. The molecule has 9 heteroatoms. The van der Waals surface area contributed by atoms with Gasteiger partial charge in [0.1, 0.15) is 6.54 Å². The first-order chi connectivity index (χ1) is 14.9. The zero-order chi connectivity index (χ0) is 22.5. The Morgan fingerprint density at radius 2 is 1.41 bits per heavy atom. The molecule has 32 heavy (non-hydrogen) atoms. The summed E-state index contributed by atoms with van der Waals surface area (Å²) in [5.41, 5.74) is 1.39. The number of hydrogen-bond donors (Lipinski definition) is 1. The van der Waals surface area contributed by atoms with E-state index in [1.54, 1.807) is 42.5 Å². The molecular weight excluding hydrogens is 425 g/mol. The molecule has 2 amide bonds. The van der Waals surface area contributed by atoms with Crippen LogP contribution in [0.4, 0.5) is 0 Å². The first-order valence-electron chi connectivity index (χ1n) is 9.26. The van der Waals surface area contributed by atoms with Crippen LogP contribution in [0.15, 0.2) is 53.6 Å². The molecule has 0 unspecified atom stereocenters. The largest absolute Gasteiger partial charge is 1.00 e. The van der Waals surface area contributed by atoms with E-state index in [9.17, 15) is 14.4 Å². The molecule has 1 fully saturated rings. The second-order valence-electron chi connectivity index (χ2n) is 6.58. The number of carbonyl (C=O) groups excluding carboxylic acids is 2. The molecule has 0 aliphatic carbocycles. The SMILES string of the molecule is COc1cc(C=C2C(=O)N(CC(=O)O)C(=O)C2=Cc2ccccc2)cc(OC)c1OC.[H-].[Na+]. The van der Waals surface area contributed by atoms with Gasteiger partial charge in [-0.2, -0.15) is 0 Å². The van der Waals surface area contributed by atoms with Crippen molar-refractivity contribution >= 4 is 29.9 Å². The van der Waals surface area contributed by atoms with E-state index in [0.717, 1.165) is 0 Å². The second kappa shape index (κ2) is 11.0. The third-order valence-corrected chi connectivity index (χ3v) is 4.64. The minimum atomic E-state index is -1.28. The molecule has 1 heterocycles. The number of ether oxygens (including phenoxy) is 3. The third kappa shape index (κ3) is 5.21. The van der Waals surface area contributed by atoms with Gasteiger partial charge in [0.05, 0.1) is 32.5 Å². The molecule has 8 nitrogen and oxygen atoms in total. The normalized spacial score (nSPS) is 15.7. The summed E-state index contributed by atoms with van der Waals surface area (Å²) in [6, 6.07) is 12.2. The number of likely N-dealkylation sites (tertiary alicyclic amines) is 1. The average molecular weight is 447 g/mol. The van der Waals surface area contributed by atoms with Crippen molar-refractivity contribution in [1.82, 2.24) is 4.90 Å². The molecule has 1 aliphatic heterocycles. The van der Waals surface area contributed by atoms with E-state index >= 15 is 0 Å². The van der Waals surface area contributed by atoms with Crippen LogP contribution < -0.4 is 43.8 Å². The maximum Gasteiger partial charge on any atom is 1.00 e. The summed E-state index contributed by atoms with van der Waals surface area (Å²) < 4.78 is 16.0. The Kier molecular flexibility index (Phi) is 8.65. The zero-order valence-electron chi connectivity index (χ0n) is 19.2. The van der Waals surface area contributed by atoms with E-state index in [1.807, 2.05) is 6.07 Å². The van der Waals surface area contributed by atoms with Crippen LogP contribution >= 0.6 is 0 Å². The minimum Gasteiger partial charge on any atom is -1.00 e. The van der Waals surface area contributed by atoms with Crippen molar-refractivity contribution in [2.45, 2.75) is 0 Å². The predicted octanol–water partition coefficient (Wildman–Crippen LogP) is -0.251. The van der Waals surface area contributed by atoms with E-state index in [0.29, 0.717) is 33.3 Å². The van der Waals surface area contributed by atoms with Gasteiger partial charge in [0.25, 0.3) is 11.8 Å². The smallest absolute Gasteiger partial charge is 1.00 e. The van der Waals surface area contributed by atoms with E-state index in [-0.39, 0.29) is 42.1 Å². The van der Waals surface area contributed by atoms with E-state index in [4.69, 9.17) is 19.3 Å². The fourth-order valence-electron chi connectivity index (χ4n) is 3.24. The van der Waals surface area contributed by atoms with Crippen LogP contribution in [0.5, 0.6) is 17.2 Å². The van der Waals surface area contributed by atoms with E-state index < -0.39 is 24.3 Å². The third-order valence-electron chi connectivity index (χ3n) is 4.64. The Balaban J connectivity index is 0.00000272. The number of nitrogens with zero attached hydrogens (tertiary/aromatic N) is 1. The molecule has 2 aromatic carbocycles. The molecule has 1 saturated heterocycles. The Morgan fingerprint density at radius 1 is 0.906 bits per heavy atom. The summed E-state index contributed by atoms with van der Waals surface area (Å²) in [6.07, 6.45) is 3.06. The van der Waals surface area contributed by atoms with Crippen molar-refractivity contribution in [1.29, 1.82) is 0 Å². The van der Waals surface area contributed by atoms with E-state index in [1.165, 1.54) is 27.4 Å². The predicted molar refractivity (Wildman–Crippen MR) is 114 cm³/mol. The number of amides is 2. The summed E-state index contributed by atoms with van der Waals surface area (Å²) in [5, 5.41) is 9.12. The molecule has 0 bridgehead atoms. The van der Waals surface area contributed by atoms with Gasteiger partial charge in [0.15, 0.2) is 11.5 Å². The number of methoxy groups -OCH3 is 3. The molecule has 0 spiro atoms. The maximum absolute atomic E-state index is 12.9. The number of aliphatic carboxylic acids is 1. The number of carboxylic acids is 1. The van der Waals surface area contributed by atoms with Crippen LogP contribution in [0, 0.1) is 0 Å². The molecule has 0 aromatic heterocycles. The Morgan fingerprint density at radius 3 is 1.84 bits per heavy atom. The standard InChI is InChI=1S/C23H21NO7.Na.H/c1-29-18-11-15(12-19(30-2)21(18)31-3)10-17-16(9-14-7-5-4-6-8-14)22(27)24(23(17)28)13-20(25)26;;/h4-12H,13H2,1-3H3,(H,25,26);;/q;+1;-1. The van der Waals surface area contributed by atoms with Gasteiger partial charge in [-0.05, 0) is 35.4 Å². The molecule has 0 saturated carbocycles. The summed E-state index contributed by atoms with van der Waals surface area (Å²) in [6.45, 7) is -0.726. The van der Waals surface area contributed by atoms with Crippen LogP contribution in [0.1, 0.15) is 12.6 Å². The number of carbonyl (C=O) groups is 3. The summed E-state index contributed by atoms with van der Waals surface area (Å²) in [7, 11) is 4.41. The summed E-state index contributed by atoms with van der Waals surface area (Å²) in [5.74, 6) is -1.51. The molecule has 1 aliphatic rings. The minimum absolute atomic E-state index is 0. The fraction of sp³-hybridized carbons (Fsp3) is 0.174. The maximum atomic E-state index is 12.9. The molecule has 3 rings (SSSR count). The Bertz CT molecular complexity index is 1070. The van der Waals surface area contributed by atoms with Gasteiger partial charge in [-0.3, -0.25) is 19.3 Å². The van der Waals surface area contributed by atoms with Crippen LogP contribution in [0.3, 0.4) is 0 Å². The van der Waals surface area contributed by atoms with Gasteiger partial charge in [0, 0.05) is 0 Å². The molecular formula is C23H22NNaO7. The second-order valence-corrected chi connectivity index (χ2v) is 6.58. The molecule has 1 N–H and O–H groups in total.